The molecule has 6 heteroatoms. The van der Waals surface area contributed by atoms with Gasteiger partial charge in [-0.05, 0) is 41.8 Å². The molecule has 0 unspecified atom stereocenters. The normalized spacial score (nSPS) is 15.7. The molecular weight excluding hydrogens is 366 g/mol. The van der Waals surface area contributed by atoms with Gasteiger partial charge in [0.15, 0.2) is 5.13 Å². The zero-order valence-electron chi connectivity index (χ0n) is 14.8. The molecule has 4 rings (SSSR count). The van der Waals surface area contributed by atoms with Crippen LogP contribution in [0.2, 0.25) is 5.02 Å². The molecule has 1 saturated heterocycles. The van der Waals surface area contributed by atoms with Gasteiger partial charge in [0.05, 0.1) is 16.8 Å². The molecule has 0 amide bonds. The Morgan fingerprint density at radius 2 is 1.92 bits per heavy atom. The highest BCUT2D eigenvalue weighted by Gasteiger charge is 2.20. The second kappa shape index (κ2) is 7.53. The summed E-state index contributed by atoms with van der Waals surface area (Å²) in [5, 5.41) is 11.2. The van der Waals surface area contributed by atoms with Gasteiger partial charge in [0.2, 0.25) is 0 Å². The summed E-state index contributed by atoms with van der Waals surface area (Å²) < 4.78 is 1.14. The van der Waals surface area contributed by atoms with Crippen LogP contribution in [0.1, 0.15) is 16.7 Å². The molecule has 2 heterocycles. The van der Waals surface area contributed by atoms with Crippen molar-refractivity contribution in [3.05, 3.63) is 58.1 Å². The van der Waals surface area contributed by atoms with Crippen molar-refractivity contribution in [1.82, 2.24) is 9.88 Å². The predicted octanol–water partition coefficient (Wildman–Crippen LogP) is 4.07. The first kappa shape index (κ1) is 17.7. The minimum Gasteiger partial charge on any atom is -0.392 e. The van der Waals surface area contributed by atoms with E-state index in [0.29, 0.717) is 0 Å². The van der Waals surface area contributed by atoms with Crippen LogP contribution in [-0.4, -0.2) is 41.2 Å². The maximum Gasteiger partial charge on any atom is 0.186 e. The number of aliphatic hydroxyl groups excluding tert-OH is 1. The lowest BCUT2D eigenvalue weighted by atomic mass is 10.0. The van der Waals surface area contributed by atoms with Crippen LogP contribution >= 0.6 is 22.9 Å². The molecular formula is C20H22ClN3OS. The summed E-state index contributed by atoms with van der Waals surface area (Å²) in [6.07, 6.45) is 0. The summed E-state index contributed by atoms with van der Waals surface area (Å²) in [7, 11) is 0. The monoisotopic (exact) mass is 387 g/mol. The van der Waals surface area contributed by atoms with E-state index in [1.165, 1.54) is 11.1 Å². The van der Waals surface area contributed by atoms with Crippen LogP contribution in [0.15, 0.2) is 36.4 Å². The fourth-order valence-electron chi connectivity index (χ4n) is 3.35. The second-order valence-electron chi connectivity index (χ2n) is 6.79. The van der Waals surface area contributed by atoms with Gasteiger partial charge in [-0.2, -0.15) is 0 Å². The highest BCUT2D eigenvalue weighted by atomic mass is 35.5. The topological polar surface area (TPSA) is 39.6 Å². The first-order valence-corrected chi connectivity index (χ1v) is 10.0. The Morgan fingerprint density at radius 3 is 2.69 bits per heavy atom. The molecule has 1 aromatic heterocycles. The highest BCUT2D eigenvalue weighted by Crippen LogP contribution is 2.31. The third-order valence-corrected chi connectivity index (χ3v) is 6.29. The summed E-state index contributed by atoms with van der Waals surface area (Å²) >= 11 is 7.80. The summed E-state index contributed by atoms with van der Waals surface area (Å²) in [4.78, 5) is 9.61. The highest BCUT2D eigenvalue weighted by molar-refractivity contribution is 7.22. The quantitative estimate of drug-likeness (QED) is 0.732. The maximum absolute atomic E-state index is 9.36. The van der Waals surface area contributed by atoms with Gasteiger partial charge in [0.1, 0.15) is 0 Å². The van der Waals surface area contributed by atoms with E-state index in [9.17, 15) is 5.11 Å². The van der Waals surface area contributed by atoms with Crippen LogP contribution in [0.5, 0.6) is 0 Å². The van der Waals surface area contributed by atoms with Gasteiger partial charge in [-0.3, -0.25) is 4.90 Å². The Morgan fingerprint density at radius 1 is 1.12 bits per heavy atom. The minimum atomic E-state index is 0.0999. The van der Waals surface area contributed by atoms with Gasteiger partial charge in [-0.15, -0.1) is 0 Å². The third-order valence-electron chi connectivity index (χ3n) is 4.97. The van der Waals surface area contributed by atoms with Crippen molar-refractivity contribution >= 4 is 38.3 Å². The van der Waals surface area contributed by atoms with Crippen LogP contribution in [0.4, 0.5) is 5.13 Å². The van der Waals surface area contributed by atoms with Crippen LogP contribution in [0.25, 0.3) is 10.2 Å². The zero-order chi connectivity index (χ0) is 18.1. The number of hydrogen-bond donors (Lipinski definition) is 1. The Hall–Kier alpha value is -1.66. The lowest BCUT2D eigenvalue weighted by molar-refractivity contribution is 0.248. The number of rotatable bonds is 4. The standard InChI is InChI=1S/C20H22ClN3OS/c1-14-2-3-15(13-25)10-16(14)12-23-6-8-24(9-7-23)20-22-18-5-4-17(21)11-19(18)26-20/h2-5,10-11,25H,6-9,12-13H2,1H3. The summed E-state index contributed by atoms with van der Waals surface area (Å²) in [6, 6.07) is 12.1. The average molecular weight is 388 g/mol. The Kier molecular flexibility index (Phi) is 5.14. The number of halogens is 1. The zero-order valence-corrected chi connectivity index (χ0v) is 16.4. The average Bonchev–Trinajstić information content (AvgIpc) is 3.07. The van der Waals surface area contributed by atoms with E-state index in [1.54, 1.807) is 11.3 Å². The summed E-state index contributed by atoms with van der Waals surface area (Å²) in [5.74, 6) is 0. The first-order chi connectivity index (χ1) is 12.6. The number of nitrogens with zero attached hydrogens (tertiary/aromatic N) is 3. The van der Waals surface area contributed by atoms with E-state index in [4.69, 9.17) is 16.6 Å². The van der Waals surface area contributed by atoms with Gasteiger partial charge in [-0.1, -0.05) is 41.1 Å². The fourth-order valence-corrected chi connectivity index (χ4v) is 4.65. The molecule has 1 N–H and O–H groups in total. The van der Waals surface area contributed by atoms with E-state index in [0.717, 1.165) is 58.7 Å². The van der Waals surface area contributed by atoms with Crippen LogP contribution in [0, 0.1) is 6.92 Å². The molecule has 0 radical (unpaired) electrons. The first-order valence-electron chi connectivity index (χ1n) is 8.85. The largest absolute Gasteiger partial charge is 0.392 e. The Labute approximate surface area is 162 Å². The number of thiazole rings is 1. The fraction of sp³-hybridized carbons (Fsp3) is 0.350. The van der Waals surface area contributed by atoms with Crippen LogP contribution in [-0.2, 0) is 13.2 Å². The van der Waals surface area contributed by atoms with Crippen molar-refractivity contribution in [2.24, 2.45) is 0 Å². The van der Waals surface area contributed by atoms with E-state index in [1.807, 2.05) is 24.3 Å². The molecule has 1 fully saturated rings. The number of benzene rings is 2. The molecule has 0 spiro atoms. The van der Waals surface area contributed by atoms with Crippen molar-refractivity contribution in [2.75, 3.05) is 31.1 Å². The molecule has 3 aromatic rings. The van der Waals surface area contributed by atoms with Crippen molar-refractivity contribution in [3.63, 3.8) is 0 Å². The Balaban J connectivity index is 1.42. The molecule has 136 valence electrons. The van der Waals surface area contributed by atoms with Gasteiger partial charge in [0, 0.05) is 37.7 Å². The van der Waals surface area contributed by atoms with E-state index in [2.05, 4.69) is 28.9 Å². The molecule has 0 bridgehead atoms. The Bertz CT molecular complexity index is 919. The van der Waals surface area contributed by atoms with Gasteiger partial charge in [0.25, 0.3) is 0 Å². The van der Waals surface area contributed by atoms with E-state index < -0.39 is 0 Å². The summed E-state index contributed by atoms with van der Waals surface area (Å²) in [6.45, 7) is 7.15. The molecule has 1 aliphatic heterocycles. The number of anilines is 1. The number of piperazine rings is 1. The number of aromatic nitrogens is 1. The van der Waals surface area contributed by atoms with Crippen molar-refractivity contribution < 1.29 is 5.11 Å². The second-order valence-corrected chi connectivity index (χ2v) is 8.24. The smallest absolute Gasteiger partial charge is 0.186 e. The molecule has 0 aliphatic carbocycles. The third kappa shape index (κ3) is 3.71. The van der Waals surface area contributed by atoms with Crippen molar-refractivity contribution in [2.45, 2.75) is 20.1 Å². The minimum absolute atomic E-state index is 0.0999. The van der Waals surface area contributed by atoms with Gasteiger partial charge >= 0.3 is 0 Å². The lowest BCUT2D eigenvalue weighted by Gasteiger charge is -2.34. The molecule has 26 heavy (non-hydrogen) atoms. The number of hydrogen-bond acceptors (Lipinski definition) is 5. The van der Waals surface area contributed by atoms with Crippen LogP contribution < -0.4 is 4.90 Å². The van der Waals surface area contributed by atoms with Crippen LogP contribution in [0.3, 0.4) is 0 Å². The molecule has 1 aliphatic rings. The molecule has 0 atom stereocenters. The maximum atomic E-state index is 9.36. The lowest BCUT2D eigenvalue weighted by Crippen LogP contribution is -2.46. The SMILES string of the molecule is Cc1ccc(CO)cc1CN1CCN(c2nc3ccc(Cl)cc3s2)CC1. The molecule has 2 aromatic carbocycles. The van der Waals surface area contributed by atoms with Gasteiger partial charge < -0.3 is 10.0 Å². The van der Waals surface area contributed by atoms with Crippen molar-refractivity contribution in [3.8, 4) is 0 Å². The van der Waals surface area contributed by atoms with E-state index >= 15 is 0 Å². The predicted molar refractivity (Wildman–Crippen MR) is 109 cm³/mol. The number of aryl methyl sites for hydroxylation is 1. The summed E-state index contributed by atoms with van der Waals surface area (Å²) in [5.41, 5.74) is 4.60. The molecule has 4 nitrogen and oxygen atoms in total. The van der Waals surface area contributed by atoms with Gasteiger partial charge in [-0.25, -0.2) is 4.98 Å². The van der Waals surface area contributed by atoms with E-state index in [-0.39, 0.29) is 6.61 Å². The number of aliphatic hydroxyl groups is 1. The van der Waals surface area contributed by atoms with Crippen molar-refractivity contribution in [1.29, 1.82) is 0 Å². The molecule has 0 saturated carbocycles. The number of fused-ring (bicyclic) bond motifs is 1.